The van der Waals surface area contributed by atoms with E-state index in [1.54, 1.807) is 13.2 Å². The molecule has 0 saturated heterocycles. The molecule has 1 atom stereocenters. The summed E-state index contributed by atoms with van der Waals surface area (Å²) < 4.78 is 19.5. The Morgan fingerprint density at radius 1 is 1.14 bits per heavy atom. The number of nitrogens with zero attached hydrogens (tertiary/aromatic N) is 1. The van der Waals surface area contributed by atoms with Gasteiger partial charge in [-0.25, -0.2) is 4.39 Å². The van der Waals surface area contributed by atoms with E-state index in [0.717, 1.165) is 17.0 Å². The van der Waals surface area contributed by atoms with Gasteiger partial charge in [0.15, 0.2) is 0 Å². The first-order valence-corrected chi connectivity index (χ1v) is 6.91. The van der Waals surface area contributed by atoms with Crippen LogP contribution >= 0.6 is 0 Å². The lowest BCUT2D eigenvalue weighted by molar-refractivity contribution is 0.415. The van der Waals surface area contributed by atoms with Crippen LogP contribution in [0.15, 0.2) is 42.5 Å². The van der Waals surface area contributed by atoms with Crippen LogP contribution in [0.5, 0.6) is 5.75 Å². The van der Waals surface area contributed by atoms with E-state index in [4.69, 9.17) is 4.74 Å². The summed E-state index contributed by atoms with van der Waals surface area (Å²) in [4.78, 5) is 1.82. The van der Waals surface area contributed by atoms with Crippen molar-refractivity contribution >= 4 is 11.4 Å². The molecule has 0 bridgehead atoms. The molecule has 0 aliphatic carbocycles. The number of ether oxygens (including phenoxy) is 1. The Bertz CT molecular complexity index is 598. The van der Waals surface area contributed by atoms with Crippen molar-refractivity contribution in [2.24, 2.45) is 0 Å². The van der Waals surface area contributed by atoms with Gasteiger partial charge in [0.2, 0.25) is 0 Å². The highest BCUT2D eigenvalue weighted by atomic mass is 19.1. The molecule has 2 aromatic carbocycles. The third-order valence-electron chi connectivity index (χ3n) is 3.73. The number of nitrogens with one attached hydrogen (secondary N) is 1. The van der Waals surface area contributed by atoms with Crippen LogP contribution in [0.25, 0.3) is 0 Å². The average Bonchev–Trinajstić information content (AvgIpc) is 2.53. The highest BCUT2D eigenvalue weighted by molar-refractivity contribution is 5.64. The summed E-state index contributed by atoms with van der Waals surface area (Å²) in [6.45, 7) is 2.00. The second-order valence-electron chi connectivity index (χ2n) is 4.98. The average molecular weight is 288 g/mol. The number of methoxy groups -OCH3 is 1. The Hall–Kier alpha value is -2.07. The zero-order valence-electron chi connectivity index (χ0n) is 12.9. The van der Waals surface area contributed by atoms with Gasteiger partial charge in [-0.2, -0.15) is 0 Å². The molecule has 0 aliphatic heterocycles. The largest absolute Gasteiger partial charge is 0.497 e. The van der Waals surface area contributed by atoms with Crippen LogP contribution in [0.2, 0.25) is 0 Å². The zero-order valence-corrected chi connectivity index (χ0v) is 12.9. The quantitative estimate of drug-likeness (QED) is 0.903. The summed E-state index contributed by atoms with van der Waals surface area (Å²) >= 11 is 0. The second kappa shape index (κ2) is 6.59. The third kappa shape index (κ3) is 3.34. The molecule has 4 heteroatoms. The Morgan fingerprint density at radius 2 is 1.81 bits per heavy atom. The first-order chi connectivity index (χ1) is 10.1. The van der Waals surface area contributed by atoms with Gasteiger partial charge in [0, 0.05) is 18.8 Å². The van der Waals surface area contributed by atoms with Gasteiger partial charge in [-0.3, -0.25) is 0 Å². The maximum absolute atomic E-state index is 14.3. The predicted molar refractivity (Wildman–Crippen MR) is 84.9 cm³/mol. The molecule has 0 heterocycles. The van der Waals surface area contributed by atoms with Crippen molar-refractivity contribution in [3.8, 4) is 5.75 Å². The molecule has 21 heavy (non-hydrogen) atoms. The lowest BCUT2D eigenvalue weighted by Crippen LogP contribution is -2.14. The smallest absolute Gasteiger partial charge is 0.147 e. The van der Waals surface area contributed by atoms with Gasteiger partial charge in [0.1, 0.15) is 11.6 Å². The van der Waals surface area contributed by atoms with Crippen LogP contribution in [-0.4, -0.2) is 21.2 Å². The molecule has 3 nitrogen and oxygen atoms in total. The molecule has 1 N–H and O–H groups in total. The fraction of sp³-hybridized carbons (Fsp3) is 0.294. The monoisotopic (exact) mass is 288 g/mol. The maximum Gasteiger partial charge on any atom is 0.147 e. The zero-order chi connectivity index (χ0) is 15.4. The van der Waals surface area contributed by atoms with Crippen molar-refractivity contribution in [1.82, 2.24) is 5.32 Å². The van der Waals surface area contributed by atoms with Crippen LogP contribution < -0.4 is 15.0 Å². The van der Waals surface area contributed by atoms with Crippen molar-refractivity contribution in [1.29, 1.82) is 0 Å². The molecule has 0 saturated carbocycles. The molecule has 0 fully saturated rings. The summed E-state index contributed by atoms with van der Waals surface area (Å²) in [6, 6.07) is 13.0. The number of halogens is 1. The van der Waals surface area contributed by atoms with Gasteiger partial charge in [0.05, 0.1) is 12.8 Å². The second-order valence-corrected chi connectivity index (χ2v) is 4.98. The van der Waals surface area contributed by atoms with Crippen LogP contribution in [0.3, 0.4) is 0 Å². The molecule has 2 rings (SSSR count). The van der Waals surface area contributed by atoms with Crippen LogP contribution in [-0.2, 0) is 0 Å². The minimum absolute atomic E-state index is 0.125. The molecule has 0 radical (unpaired) electrons. The lowest BCUT2D eigenvalue weighted by atomic mass is 10.1. The van der Waals surface area contributed by atoms with Gasteiger partial charge in [-0.05, 0) is 55.9 Å². The van der Waals surface area contributed by atoms with Crippen LogP contribution in [0.4, 0.5) is 15.8 Å². The molecular formula is C17H21FN2O. The van der Waals surface area contributed by atoms with Crippen molar-refractivity contribution < 1.29 is 9.13 Å². The van der Waals surface area contributed by atoms with Gasteiger partial charge in [0.25, 0.3) is 0 Å². The highest BCUT2D eigenvalue weighted by Gasteiger charge is 2.12. The number of hydrogen-bond donors (Lipinski definition) is 1. The van der Waals surface area contributed by atoms with Crippen LogP contribution in [0.1, 0.15) is 18.5 Å². The summed E-state index contributed by atoms with van der Waals surface area (Å²) in [5.41, 5.74) is 2.39. The highest BCUT2D eigenvalue weighted by Crippen LogP contribution is 2.29. The van der Waals surface area contributed by atoms with Crippen LogP contribution in [0, 0.1) is 5.82 Å². The van der Waals surface area contributed by atoms with Gasteiger partial charge < -0.3 is 15.0 Å². The minimum Gasteiger partial charge on any atom is -0.497 e. The molecule has 0 amide bonds. The van der Waals surface area contributed by atoms with Gasteiger partial charge in [-0.1, -0.05) is 6.07 Å². The topological polar surface area (TPSA) is 24.5 Å². The van der Waals surface area contributed by atoms with Crippen molar-refractivity contribution in [2.45, 2.75) is 13.0 Å². The van der Waals surface area contributed by atoms with Gasteiger partial charge >= 0.3 is 0 Å². The lowest BCUT2D eigenvalue weighted by Gasteiger charge is -2.21. The van der Waals surface area contributed by atoms with Crippen molar-refractivity contribution in [3.05, 3.63) is 53.8 Å². The molecule has 0 spiro atoms. The van der Waals surface area contributed by atoms with E-state index in [2.05, 4.69) is 5.32 Å². The Morgan fingerprint density at radius 3 is 2.33 bits per heavy atom. The molecule has 112 valence electrons. The molecule has 1 unspecified atom stereocenters. The number of benzene rings is 2. The predicted octanol–water partition coefficient (Wildman–Crippen LogP) is 3.88. The van der Waals surface area contributed by atoms with Gasteiger partial charge in [-0.15, -0.1) is 0 Å². The first-order valence-electron chi connectivity index (χ1n) is 6.91. The summed E-state index contributed by atoms with van der Waals surface area (Å²) in [5, 5.41) is 3.11. The fourth-order valence-electron chi connectivity index (χ4n) is 2.18. The van der Waals surface area contributed by atoms with E-state index in [-0.39, 0.29) is 11.9 Å². The maximum atomic E-state index is 14.3. The summed E-state index contributed by atoms with van der Waals surface area (Å²) in [7, 11) is 5.33. The Kier molecular flexibility index (Phi) is 4.81. The van der Waals surface area contributed by atoms with E-state index in [1.807, 2.05) is 62.3 Å². The van der Waals surface area contributed by atoms with Crippen molar-refractivity contribution in [2.75, 3.05) is 26.1 Å². The SMILES string of the molecule is CNC(C)c1ccc(N(C)c2ccc(OC)cc2)c(F)c1. The van der Waals surface area contributed by atoms with E-state index >= 15 is 0 Å². The standard InChI is InChI=1S/C17H21FN2O/c1-12(19-2)13-5-10-17(16(18)11-13)20(3)14-6-8-15(21-4)9-7-14/h5-12,19H,1-4H3. The summed E-state index contributed by atoms with van der Waals surface area (Å²) in [5.74, 6) is 0.554. The Balaban J connectivity index is 2.27. The summed E-state index contributed by atoms with van der Waals surface area (Å²) in [6.07, 6.45) is 0. The molecular weight excluding hydrogens is 267 g/mol. The first kappa shape index (κ1) is 15.3. The Labute approximate surface area is 125 Å². The van der Waals surface area contributed by atoms with E-state index in [9.17, 15) is 4.39 Å². The minimum atomic E-state index is -0.229. The number of anilines is 2. The van der Waals surface area contributed by atoms with E-state index in [1.165, 1.54) is 0 Å². The van der Waals surface area contributed by atoms with Crippen molar-refractivity contribution in [3.63, 3.8) is 0 Å². The van der Waals surface area contributed by atoms with E-state index < -0.39 is 0 Å². The fourth-order valence-corrected chi connectivity index (χ4v) is 2.18. The molecule has 0 aromatic heterocycles. The number of rotatable bonds is 5. The molecule has 2 aromatic rings. The van der Waals surface area contributed by atoms with E-state index in [0.29, 0.717) is 5.69 Å². The normalized spacial score (nSPS) is 12.0. The third-order valence-corrected chi connectivity index (χ3v) is 3.73. The number of hydrogen-bond acceptors (Lipinski definition) is 3. The molecule has 0 aliphatic rings.